The van der Waals surface area contributed by atoms with E-state index in [0.29, 0.717) is 10.8 Å². The summed E-state index contributed by atoms with van der Waals surface area (Å²) < 4.78 is 27.9. The molecule has 3 atom stereocenters. The second-order valence-corrected chi connectivity index (χ2v) is 10.3. The number of esters is 2. The highest BCUT2D eigenvalue weighted by molar-refractivity contribution is 6.30. The molecular formula is C30H40ClNO8. The maximum Gasteiger partial charge on any atom is 0.310 e. The third-order valence-electron chi connectivity index (χ3n) is 6.68. The Morgan fingerprint density at radius 1 is 1.05 bits per heavy atom. The highest BCUT2D eigenvalue weighted by Gasteiger charge is 2.34. The van der Waals surface area contributed by atoms with Crippen LogP contribution in [0, 0.1) is 17.8 Å². The number of ketones is 1. The summed E-state index contributed by atoms with van der Waals surface area (Å²) in [4.78, 5) is 42.2. The molecule has 1 aromatic heterocycles. The molecule has 9 nitrogen and oxygen atoms in total. The van der Waals surface area contributed by atoms with Crippen LogP contribution in [0.15, 0.2) is 36.5 Å². The number of rotatable bonds is 16. The van der Waals surface area contributed by atoms with E-state index in [1.54, 1.807) is 25.1 Å². The van der Waals surface area contributed by atoms with Crippen molar-refractivity contribution in [2.75, 3.05) is 13.9 Å². The highest BCUT2D eigenvalue weighted by Crippen LogP contribution is 2.32. The van der Waals surface area contributed by atoms with Gasteiger partial charge in [-0.2, -0.15) is 0 Å². The molecular weight excluding hydrogens is 538 g/mol. The van der Waals surface area contributed by atoms with E-state index in [-0.39, 0.29) is 35.4 Å². The van der Waals surface area contributed by atoms with Crippen LogP contribution < -0.4 is 14.2 Å². The molecule has 0 N–H and O–H groups in total. The lowest BCUT2D eigenvalue weighted by molar-refractivity contribution is -0.161. The van der Waals surface area contributed by atoms with Crippen molar-refractivity contribution in [1.29, 1.82) is 0 Å². The first-order valence-corrected chi connectivity index (χ1v) is 13.8. The number of halogens is 1. The average Bonchev–Trinajstić information content (AvgIpc) is 2.91. The maximum atomic E-state index is 13.4. The van der Waals surface area contributed by atoms with E-state index in [4.69, 9.17) is 35.3 Å². The van der Waals surface area contributed by atoms with Gasteiger partial charge >= 0.3 is 11.9 Å². The summed E-state index contributed by atoms with van der Waals surface area (Å²) in [5.74, 6) is -1.46. The Labute approximate surface area is 241 Å². The van der Waals surface area contributed by atoms with Crippen molar-refractivity contribution in [3.05, 3.63) is 47.2 Å². The monoisotopic (exact) mass is 577 g/mol. The number of hydrogen-bond donors (Lipinski definition) is 0. The van der Waals surface area contributed by atoms with E-state index in [1.807, 2.05) is 19.9 Å². The molecule has 2 rings (SSSR count). The Kier molecular flexibility index (Phi) is 13.2. The lowest BCUT2D eigenvalue weighted by atomic mass is 9.89. The molecule has 0 aliphatic rings. The van der Waals surface area contributed by atoms with Crippen molar-refractivity contribution >= 4 is 29.3 Å². The summed E-state index contributed by atoms with van der Waals surface area (Å²) in [5, 5.41) is 0.547. The second-order valence-electron chi connectivity index (χ2n) is 9.83. The van der Waals surface area contributed by atoms with Gasteiger partial charge in [-0.15, -0.1) is 0 Å². The van der Waals surface area contributed by atoms with E-state index in [0.717, 1.165) is 12.8 Å². The van der Waals surface area contributed by atoms with Crippen LogP contribution in [0.1, 0.15) is 71.3 Å². The van der Waals surface area contributed by atoms with Crippen molar-refractivity contribution in [3.8, 4) is 17.2 Å². The van der Waals surface area contributed by atoms with E-state index in [2.05, 4.69) is 18.8 Å². The number of ether oxygens (including phenoxy) is 5. The summed E-state index contributed by atoms with van der Waals surface area (Å²) in [7, 11) is 1.42. The normalized spacial score (nSPS) is 13.3. The van der Waals surface area contributed by atoms with Crippen molar-refractivity contribution in [3.63, 3.8) is 0 Å². The topological polar surface area (TPSA) is 110 Å². The number of carbonyl (C=O) groups excluding carboxylic acids is 3. The number of hydrogen-bond acceptors (Lipinski definition) is 9. The molecule has 0 amide bonds. The number of pyridine rings is 1. The van der Waals surface area contributed by atoms with Gasteiger partial charge in [-0.25, -0.2) is 4.98 Å². The van der Waals surface area contributed by atoms with Crippen molar-refractivity contribution in [2.45, 2.75) is 73.0 Å². The molecule has 0 saturated carbocycles. The molecule has 220 valence electrons. The standard InChI is InChI=1S/C30H40ClNO8/c1-8-21(9-2)28(40-23-12-10-11-22(31)15-23)19(5)39-30(35)24(18(3)4)16-25(34)27-29(38-17-37-20(6)33)26(36-7)13-14-32-27/h10-15,18-19,21,24,28H,8-9,16-17H2,1-7H3/t19-,24-,28-/m0/s1. The van der Waals surface area contributed by atoms with Crippen LogP contribution in [0.4, 0.5) is 0 Å². The molecule has 0 bridgehead atoms. The number of methoxy groups -OCH3 is 1. The van der Waals surface area contributed by atoms with Crippen LogP contribution in [-0.4, -0.2) is 48.8 Å². The number of Topliss-reactive ketones (excluding diaryl/α,β-unsaturated/α-hetero) is 1. The molecule has 10 heteroatoms. The Hall–Kier alpha value is -3.33. The fraction of sp³-hybridized carbons (Fsp3) is 0.533. The quantitative estimate of drug-likeness (QED) is 0.129. The van der Waals surface area contributed by atoms with Crippen LogP contribution in [0.3, 0.4) is 0 Å². The average molecular weight is 578 g/mol. The Balaban J connectivity index is 2.24. The zero-order valence-electron chi connectivity index (χ0n) is 24.3. The number of nitrogens with zero attached hydrogens (tertiary/aromatic N) is 1. The largest absolute Gasteiger partial charge is 0.493 e. The number of benzene rings is 1. The van der Waals surface area contributed by atoms with Crippen LogP contribution in [0.25, 0.3) is 0 Å². The molecule has 0 aliphatic heterocycles. The lowest BCUT2D eigenvalue weighted by Gasteiger charge is -2.32. The summed E-state index contributed by atoms with van der Waals surface area (Å²) in [6.07, 6.45) is 1.88. The van der Waals surface area contributed by atoms with Gasteiger partial charge in [0.2, 0.25) is 6.79 Å². The maximum absolute atomic E-state index is 13.4. The van der Waals surface area contributed by atoms with Crippen LogP contribution >= 0.6 is 11.6 Å². The summed E-state index contributed by atoms with van der Waals surface area (Å²) in [6.45, 7) is 10.4. The Morgan fingerprint density at radius 2 is 1.75 bits per heavy atom. The van der Waals surface area contributed by atoms with Crippen LogP contribution in [0.2, 0.25) is 5.02 Å². The third kappa shape index (κ3) is 9.40. The third-order valence-corrected chi connectivity index (χ3v) is 6.91. The fourth-order valence-electron chi connectivity index (χ4n) is 4.35. The molecule has 40 heavy (non-hydrogen) atoms. The highest BCUT2D eigenvalue weighted by atomic mass is 35.5. The smallest absolute Gasteiger partial charge is 0.310 e. The van der Waals surface area contributed by atoms with Crippen molar-refractivity contribution < 1.29 is 38.1 Å². The molecule has 1 aromatic carbocycles. The zero-order valence-corrected chi connectivity index (χ0v) is 25.0. The Bertz CT molecular complexity index is 1130. The van der Waals surface area contributed by atoms with Gasteiger partial charge in [0.15, 0.2) is 23.0 Å². The van der Waals surface area contributed by atoms with E-state index in [1.165, 1.54) is 26.3 Å². The van der Waals surface area contributed by atoms with E-state index < -0.39 is 42.6 Å². The van der Waals surface area contributed by atoms with E-state index >= 15 is 0 Å². The van der Waals surface area contributed by atoms with Crippen LogP contribution in [0.5, 0.6) is 17.2 Å². The molecule has 2 aromatic rings. The van der Waals surface area contributed by atoms with Gasteiger partial charge in [-0.05, 0) is 49.8 Å². The SMILES string of the molecule is CCC(CC)[C@@H](Oc1cccc(Cl)c1)[C@H](C)OC(=O)[C@@H](CC(=O)c1nccc(OC)c1OCOC(C)=O)C(C)C. The van der Waals surface area contributed by atoms with Gasteiger partial charge in [0.1, 0.15) is 18.0 Å². The Morgan fingerprint density at radius 3 is 2.33 bits per heavy atom. The molecule has 0 unspecified atom stereocenters. The zero-order chi connectivity index (χ0) is 29.8. The predicted molar refractivity (Wildman–Crippen MR) is 151 cm³/mol. The molecule has 0 saturated heterocycles. The van der Waals surface area contributed by atoms with Gasteiger partial charge in [0.25, 0.3) is 0 Å². The second kappa shape index (κ2) is 16.1. The van der Waals surface area contributed by atoms with Crippen LogP contribution in [-0.2, 0) is 19.1 Å². The first-order chi connectivity index (χ1) is 19.0. The van der Waals surface area contributed by atoms with Gasteiger partial charge in [0.05, 0.1) is 13.0 Å². The minimum absolute atomic E-state index is 0.0304. The number of aromatic nitrogens is 1. The first-order valence-electron chi connectivity index (χ1n) is 13.5. The first kappa shape index (κ1) is 32.9. The van der Waals surface area contributed by atoms with Crippen molar-refractivity contribution in [2.24, 2.45) is 17.8 Å². The molecule has 1 heterocycles. The minimum atomic E-state index is -0.752. The summed E-state index contributed by atoms with van der Waals surface area (Å²) in [6, 6.07) is 8.62. The van der Waals surface area contributed by atoms with E-state index in [9.17, 15) is 14.4 Å². The molecule has 0 spiro atoms. The predicted octanol–water partition coefficient (Wildman–Crippen LogP) is 6.30. The number of carbonyl (C=O) groups is 3. The lowest BCUT2D eigenvalue weighted by Crippen LogP contribution is -2.41. The van der Waals surface area contributed by atoms with Crippen molar-refractivity contribution in [1.82, 2.24) is 4.98 Å². The molecule has 0 aliphatic carbocycles. The molecule has 0 radical (unpaired) electrons. The van der Waals surface area contributed by atoms with Gasteiger partial charge < -0.3 is 23.7 Å². The summed E-state index contributed by atoms with van der Waals surface area (Å²) in [5.41, 5.74) is -0.0304. The van der Waals surface area contributed by atoms with Gasteiger partial charge in [-0.1, -0.05) is 45.4 Å². The summed E-state index contributed by atoms with van der Waals surface area (Å²) >= 11 is 6.15. The fourth-order valence-corrected chi connectivity index (χ4v) is 4.53. The van der Waals surface area contributed by atoms with Gasteiger partial charge in [0, 0.05) is 30.6 Å². The minimum Gasteiger partial charge on any atom is -0.493 e. The van der Waals surface area contributed by atoms with Gasteiger partial charge in [-0.3, -0.25) is 14.4 Å². The molecule has 0 fully saturated rings.